The monoisotopic (exact) mass is 633 g/mol. The molecule has 0 saturated carbocycles. The van der Waals surface area contributed by atoms with Crippen molar-refractivity contribution in [1.82, 2.24) is 14.8 Å². The van der Waals surface area contributed by atoms with E-state index in [9.17, 15) is 4.79 Å². The minimum absolute atomic E-state index is 0.0348. The van der Waals surface area contributed by atoms with Gasteiger partial charge >= 0.3 is 0 Å². The Hall–Kier alpha value is -4.15. The van der Waals surface area contributed by atoms with Gasteiger partial charge in [-0.2, -0.15) is 4.98 Å². The number of allylic oxidation sites excluding steroid dienone is 1. The predicted octanol–water partition coefficient (Wildman–Crippen LogP) is 7.74. The number of benzene rings is 3. The molecule has 0 spiro atoms. The van der Waals surface area contributed by atoms with Crippen LogP contribution in [-0.4, -0.2) is 40.0 Å². The van der Waals surface area contributed by atoms with Crippen molar-refractivity contribution in [3.63, 3.8) is 0 Å². The summed E-state index contributed by atoms with van der Waals surface area (Å²) >= 11 is 7.87. The molecular formula is C33H36ClN5O4S. The van der Waals surface area contributed by atoms with Gasteiger partial charge in [-0.15, -0.1) is 5.10 Å². The summed E-state index contributed by atoms with van der Waals surface area (Å²) in [6, 6.07) is 20.2. The highest BCUT2D eigenvalue weighted by atomic mass is 35.5. The Bertz CT molecular complexity index is 1670. The Kier molecular flexibility index (Phi) is 10.0. The number of thioether (sulfide) groups is 1. The van der Waals surface area contributed by atoms with Gasteiger partial charge in [0, 0.05) is 16.5 Å². The summed E-state index contributed by atoms with van der Waals surface area (Å²) in [7, 11) is 0. The van der Waals surface area contributed by atoms with Gasteiger partial charge in [-0.3, -0.25) is 4.79 Å². The molecule has 44 heavy (non-hydrogen) atoms. The fourth-order valence-electron chi connectivity index (χ4n) is 4.91. The highest BCUT2D eigenvalue weighted by molar-refractivity contribution is 7.98. The van der Waals surface area contributed by atoms with E-state index in [4.69, 9.17) is 35.9 Å². The van der Waals surface area contributed by atoms with E-state index in [0.29, 0.717) is 69.3 Å². The molecule has 1 aliphatic heterocycles. The smallest absolute Gasteiger partial charge is 0.255 e. The molecule has 230 valence electrons. The molecule has 1 unspecified atom stereocenters. The number of carbonyl (C=O) groups is 1. The lowest BCUT2D eigenvalue weighted by Crippen LogP contribution is -2.31. The SMILES string of the molecule is CCOc1ccccc1NC(=O)C1=C(C)Nc2nc(SCc3ccccc3Cl)nn2C1c1ccc(OC(C)C)c(OCC)c1. The summed E-state index contributed by atoms with van der Waals surface area (Å²) < 4.78 is 19.5. The molecule has 5 rings (SSSR count). The van der Waals surface area contributed by atoms with Crippen molar-refractivity contribution in [1.29, 1.82) is 0 Å². The maximum absolute atomic E-state index is 14.1. The van der Waals surface area contributed by atoms with Crippen molar-refractivity contribution < 1.29 is 19.0 Å². The lowest BCUT2D eigenvalue weighted by Gasteiger charge is -2.29. The summed E-state index contributed by atoms with van der Waals surface area (Å²) in [5.41, 5.74) is 3.50. The van der Waals surface area contributed by atoms with Crippen molar-refractivity contribution in [3.05, 3.63) is 94.1 Å². The van der Waals surface area contributed by atoms with Crippen molar-refractivity contribution in [3.8, 4) is 17.2 Å². The van der Waals surface area contributed by atoms with Gasteiger partial charge in [0.1, 0.15) is 11.8 Å². The van der Waals surface area contributed by atoms with E-state index in [0.717, 1.165) is 11.1 Å². The van der Waals surface area contributed by atoms with Gasteiger partial charge in [-0.25, -0.2) is 4.68 Å². The number of ether oxygens (including phenoxy) is 3. The van der Waals surface area contributed by atoms with Gasteiger partial charge in [-0.1, -0.05) is 59.8 Å². The van der Waals surface area contributed by atoms with Crippen molar-refractivity contribution in [2.45, 2.75) is 57.7 Å². The predicted molar refractivity (Wildman–Crippen MR) is 175 cm³/mol. The molecular weight excluding hydrogens is 598 g/mol. The van der Waals surface area contributed by atoms with Crippen LogP contribution in [0.2, 0.25) is 5.02 Å². The molecule has 0 saturated heterocycles. The van der Waals surface area contributed by atoms with E-state index in [-0.39, 0.29) is 12.0 Å². The first-order chi connectivity index (χ1) is 21.3. The van der Waals surface area contributed by atoms with Crippen LogP contribution in [0.15, 0.2) is 83.2 Å². The quantitative estimate of drug-likeness (QED) is 0.153. The third-order valence-corrected chi connectivity index (χ3v) is 8.03. The Morgan fingerprint density at radius 2 is 1.75 bits per heavy atom. The highest BCUT2D eigenvalue weighted by Gasteiger charge is 2.35. The highest BCUT2D eigenvalue weighted by Crippen LogP contribution is 2.41. The zero-order valence-corrected chi connectivity index (χ0v) is 27.0. The van der Waals surface area contributed by atoms with Crippen LogP contribution in [0.1, 0.15) is 51.8 Å². The molecule has 0 radical (unpaired) electrons. The second-order valence-corrected chi connectivity index (χ2v) is 11.6. The fourth-order valence-corrected chi connectivity index (χ4v) is 6.02. The molecule has 9 nitrogen and oxygen atoms in total. The molecule has 1 aliphatic rings. The van der Waals surface area contributed by atoms with E-state index in [1.807, 2.05) is 101 Å². The van der Waals surface area contributed by atoms with Crippen molar-refractivity contribution in [2.24, 2.45) is 0 Å². The number of para-hydroxylation sites is 2. The van der Waals surface area contributed by atoms with Gasteiger partial charge < -0.3 is 24.8 Å². The fraction of sp³-hybridized carbons (Fsp3) is 0.303. The van der Waals surface area contributed by atoms with Crippen LogP contribution in [0, 0.1) is 0 Å². The molecule has 0 fully saturated rings. The number of hydrogen-bond donors (Lipinski definition) is 2. The maximum atomic E-state index is 14.1. The first-order valence-electron chi connectivity index (χ1n) is 14.6. The number of halogens is 1. The Morgan fingerprint density at radius 1 is 1.02 bits per heavy atom. The number of carbonyl (C=O) groups excluding carboxylic acids is 1. The van der Waals surface area contributed by atoms with Gasteiger partial charge in [0.05, 0.1) is 30.6 Å². The third-order valence-electron chi connectivity index (χ3n) is 6.77. The average molecular weight is 634 g/mol. The summed E-state index contributed by atoms with van der Waals surface area (Å²) in [5.74, 6) is 2.64. The lowest BCUT2D eigenvalue weighted by molar-refractivity contribution is -0.113. The maximum Gasteiger partial charge on any atom is 0.255 e. The number of nitrogens with zero attached hydrogens (tertiary/aromatic N) is 3. The minimum atomic E-state index is -0.611. The third kappa shape index (κ3) is 6.97. The first kappa shape index (κ1) is 31.3. The zero-order valence-electron chi connectivity index (χ0n) is 25.4. The molecule has 2 heterocycles. The van der Waals surface area contributed by atoms with Crippen LogP contribution in [-0.2, 0) is 10.5 Å². The molecule has 1 aromatic heterocycles. The normalized spacial score (nSPS) is 14.2. The van der Waals surface area contributed by atoms with Crippen LogP contribution in [0.25, 0.3) is 0 Å². The first-order valence-corrected chi connectivity index (χ1v) is 15.9. The summed E-state index contributed by atoms with van der Waals surface area (Å²) in [6.07, 6.45) is -0.0348. The molecule has 0 aliphatic carbocycles. The molecule has 1 atom stereocenters. The lowest BCUT2D eigenvalue weighted by atomic mass is 9.94. The molecule has 1 amide bonds. The number of nitrogens with one attached hydrogen (secondary N) is 2. The van der Waals surface area contributed by atoms with Crippen LogP contribution in [0.3, 0.4) is 0 Å². The van der Waals surface area contributed by atoms with Gasteiger partial charge in [-0.05, 0) is 76.1 Å². The minimum Gasteiger partial charge on any atom is -0.492 e. The van der Waals surface area contributed by atoms with E-state index in [2.05, 4.69) is 10.6 Å². The van der Waals surface area contributed by atoms with E-state index in [1.54, 1.807) is 4.68 Å². The Labute approximate surface area is 267 Å². The summed E-state index contributed by atoms with van der Waals surface area (Å²) in [6.45, 7) is 10.6. The number of fused-ring (bicyclic) bond motifs is 1. The number of hydrogen-bond acceptors (Lipinski definition) is 8. The Balaban J connectivity index is 1.55. The van der Waals surface area contributed by atoms with Crippen molar-refractivity contribution >= 4 is 40.9 Å². The number of rotatable bonds is 12. The van der Waals surface area contributed by atoms with E-state index in [1.165, 1.54) is 11.8 Å². The molecule has 2 N–H and O–H groups in total. The number of aromatic nitrogens is 3. The molecule has 3 aromatic carbocycles. The van der Waals surface area contributed by atoms with E-state index >= 15 is 0 Å². The van der Waals surface area contributed by atoms with Crippen molar-refractivity contribution in [2.75, 3.05) is 23.8 Å². The molecule has 11 heteroatoms. The standard InChI is InChI=1S/C33H36ClN5O4S/c1-6-41-26-15-11-10-14-25(26)36-31(40)29-21(5)35-32-37-33(44-19-23-12-8-9-13-24(23)34)38-39(32)30(29)22-16-17-27(43-20(3)4)28(18-22)42-7-2/h8-18,20,30H,6-7,19H2,1-5H3,(H,36,40)(H,35,37,38). The second-order valence-electron chi connectivity index (χ2n) is 10.3. The molecule has 0 bridgehead atoms. The van der Waals surface area contributed by atoms with Gasteiger partial charge in [0.25, 0.3) is 5.91 Å². The average Bonchev–Trinajstić information content (AvgIpc) is 3.40. The second kappa shape index (κ2) is 14.1. The largest absolute Gasteiger partial charge is 0.492 e. The number of anilines is 2. The van der Waals surface area contributed by atoms with Crippen LogP contribution < -0.4 is 24.8 Å². The number of amides is 1. The topological polar surface area (TPSA) is 99.5 Å². The molecule has 4 aromatic rings. The van der Waals surface area contributed by atoms with Gasteiger partial charge in [0.15, 0.2) is 11.5 Å². The van der Waals surface area contributed by atoms with Gasteiger partial charge in [0.2, 0.25) is 11.1 Å². The van der Waals surface area contributed by atoms with Crippen LogP contribution in [0.4, 0.5) is 11.6 Å². The van der Waals surface area contributed by atoms with Crippen LogP contribution in [0.5, 0.6) is 17.2 Å². The summed E-state index contributed by atoms with van der Waals surface area (Å²) in [5, 5.41) is 12.5. The Morgan fingerprint density at radius 3 is 2.50 bits per heavy atom. The summed E-state index contributed by atoms with van der Waals surface area (Å²) in [4.78, 5) is 18.9. The zero-order chi connectivity index (χ0) is 31.2. The van der Waals surface area contributed by atoms with E-state index < -0.39 is 6.04 Å². The van der Waals surface area contributed by atoms with Crippen LogP contribution >= 0.6 is 23.4 Å².